The van der Waals surface area contributed by atoms with Gasteiger partial charge in [0.25, 0.3) is 0 Å². The highest BCUT2D eigenvalue weighted by Crippen LogP contribution is 2.33. The Balaban J connectivity index is 2.08. The number of ether oxygens (including phenoxy) is 3. The van der Waals surface area contributed by atoms with Crippen LogP contribution in [0.5, 0.6) is 0 Å². The molecule has 1 fully saturated rings. The molecule has 0 spiro atoms. The van der Waals surface area contributed by atoms with Gasteiger partial charge in [0.2, 0.25) is 5.91 Å². The summed E-state index contributed by atoms with van der Waals surface area (Å²) in [5.74, 6) is 0.00754. The predicted molar refractivity (Wildman–Crippen MR) is 104 cm³/mol. The molecular formula is C17H31IN2O5. The number of amides is 1. The summed E-state index contributed by atoms with van der Waals surface area (Å²) in [5, 5.41) is 6.21. The van der Waals surface area contributed by atoms with E-state index in [0.717, 1.165) is 19.4 Å². The van der Waals surface area contributed by atoms with Crippen LogP contribution in [0, 0.1) is 0 Å². The Labute approximate surface area is 164 Å². The number of hydrogen-bond acceptors (Lipinski definition) is 6. The maximum Gasteiger partial charge on any atom is 0.246 e. The number of carbonyl (C=O) groups excluding carboxylic acids is 2. The predicted octanol–water partition coefficient (Wildman–Crippen LogP) is 1.42. The summed E-state index contributed by atoms with van der Waals surface area (Å²) in [6.07, 6.45) is 2.06. The first-order valence-electron chi connectivity index (χ1n) is 8.87. The lowest BCUT2D eigenvalue weighted by Crippen LogP contribution is -2.41. The molecule has 3 atom stereocenters. The van der Waals surface area contributed by atoms with Gasteiger partial charge < -0.3 is 29.6 Å². The molecule has 1 amide bonds. The Morgan fingerprint density at radius 2 is 1.88 bits per heavy atom. The molecule has 0 bridgehead atoms. The van der Waals surface area contributed by atoms with E-state index in [1.165, 1.54) is 0 Å². The van der Waals surface area contributed by atoms with E-state index in [9.17, 15) is 9.59 Å². The van der Waals surface area contributed by atoms with Gasteiger partial charge >= 0.3 is 0 Å². The lowest BCUT2D eigenvalue weighted by atomic mass is 10.1. The van der Waals surface area contributed by atoms with Crippen LogP contribution < -0.4 is 10.6 Å². The molecule has 0 aromatic heterocycles. The molecule has 1 aliphatic heterocycles. The monoisotopic (exact) mass is 470 g/mol. The molecule has 2 N–H and O–H groups in total. The summed E-state index contributed by atoms with van der Waals surface area (Å²) in [6.45, 7) is 8.05. The number of halogens is 1. The van der Waals surface area contributed by atoms with Gasteiger partial charge in [-0.25, -0.2) is 0 Å². The zero-order chi connectivity index (χ0) is 18.7. The van der Waals surface area contributed by atoms with Gasteiger partial charge in [-0.1, -0.05) is 13.8 Å². The Kier molecular flexibility index (Phi) is 11.8. The maximum atomic E-state index is 12.0. The average Bonchev–Trinajstić information content (AvgIpc) is 3.25. The normalized spacial score (nSPS) is 20.5. The van der Waals surface area contributed by atoms with Crippen LogP contribution in [0.15, 0.2) is 0 Å². The summed E-state index contributed by atoms with van der Waals surface area (Å²) < 4.78 is 16.3. The second kappa shape index (κ2) is 13.0. The van der Waals surface area contributed by atoms with Crippen LogP contribution in [0.4, 0.5) is 0 Å². The van der Waals surface area contributed by atoms with E-state index in [1.807, 2.05) is 0 Å². The number of epoxide rings is 1. The molecule has 7 nitrogen and oxygen atoms in total. The molecule has 0 aromatic rings. The zero-order valence-electron chi connectivity index (χ0n) is 15.4. The van der Waals surface area contributed by atoms with Gasteiger partial charge in [0.15, 0.2) is 0 Å². The van der Waals surface area contributed by atoms with Crippen LogP contribution in [0.1, 0.15) is 40.0 Å². The summed E-state index contributed by atoms with van der Waals surface area (Å²) in [4.78, 5) is 23.0. The molecule has 0 saturated carbocycles. The van der Waals surface area contributed by atoms with E-state index >= 15 is 0 Å². The summed E-state index contributed by atoms with van der Waals surface area (Å²) in [6, 6.07) is 0.389. The lowest BCUT2D eigenvalue weighted by molar-refractivity contribution is -0.127. The van der Waals surface area contributed by atoms with E-state index < -0.39 is 0 Å². The maximum absolute atomic E-state index is 12.0. The first-order chi connectivity index (χ1) is 11.9. The van der Waals surface area contributed by atoms with Crippen molar-refractivity contribution in [1.82, 2.24) is 10.6 Å². The largest absolute Gasteiger partial charge is 0.378 e. The van der Waals surface area contributed by atoms with Crippen molar-refractivity contribution in [3.63, 3.8) is 0 Å². The Bertz CT molecular complexity index is 408. The van der Waals surface area contributed by atoms with Crippen molar-refractivity contribution in [3.8, 4) is 0 Å². The van der Waals surface area contributed by atoms with Gasteiger partial charge in [0.05, 0.1) is 25.9 Å². The first-order valence-corrected chi connectivity index (χ1v) is 10.1. The third-order valence-electron chi connectivity index (χ3n) is 3.66. The molecule has 1 rings (SSSR count). The molecule has 1 saturated heterocycles. The van der Waals surface area contributed by atoms with E-state index in [2.05, 4.69) is 47.1 Å². The minimum Gasteiger partial charge on any atom is -0.378 e. The molecule has 1 heterocycles. The number of hydrogen-bond donors (Lipinski definition) is 2. The molecule has 0 aromatic carbocycles. The van der Waals surface area contributed by atoms with Crippen molar-refractivity contribution in [3.05, 3.63) is 0 Å². The molecular weight excluding hydrogens is 439 g/mol. The van der Waals surface area contributed by atoms with E-state index in [0.29, 0.717) is 32.3 Å². The number of Topliss-reactive ketones (excluding diaryl/α,β-unsaturated/α-hetero) is 1. The van der Waals surface area contributed by atoms with Crippen LogP contribution in [-0.4, -0.2) is 67.0 Å². The molecule has 146 valence electrons. The van der Waals surface area contributed by atoms with Gasteiger partial charge in [-0.05, 0) is 42.4 Å². The average molecular weight is 470 g/mol. The third kappa shape index (κ3) is 11.8. The third-order valence-corrected chi connectivity index (χ3v) is 4.66. The molecule has 3 unspecified atom stereocenters. The van der Waals surface area contributed by atoms with E-state index in [-0.39, 0.29) is 34.6 Å². The van der Waals surface area contributed by atoms with Crippen LogP contribution >= 0.6 is 22.6 Å². The van der Waals surface area contributed by atoms with Crippen LogP contribution in [0.25, 0.3) is 0 Å². The number of rotatable bonds is 15. The van der Waals surface area contributed by atoms with Crippen molar-refractivity contribution in [1.29, 1.82) is 0 Å². The summed E-state index contributed by atoms with van der Waals surface area (Å²) >= 11 is 2.20. The Morgan fingerprint density at radius 1 is 1.20 bits per heavy atom. The molecule has 0 radical (unpaired) electrons. The Hall–Kier alpha value is -0.290. The Morgan fingerprint density at radius 3 is 2.48 bits per heavy atom. The van der Waals surface area contributed by atoms with Crippen LogP contribution in [0.2, 0.25) is 0 Å². The number of alkyl halides is 1. The van der Waals surface area contributed by atoms with Crippen molar-refractivity contribution in [2.45, 2.75) is 62.3 Å². The van der Waals surface area contributed by atoms with Crippen LogP contribution in [-0.2, 0) is 23.8 Å². The SMILES string of the molecule is CC(=O)CCCC(NC(=O)COCCOCCNC(C)C)C1OC1I. The molecule has 1 aliphatic rings. The molecule has 8 heteroatoms. The minimum absolute atomic E-state index is 0.00937. The zero-order valence-corrected chi connectivity index (χ0v) is 17.5. The fourth-order valence-electron chi connectivity index (χ4n) is 2.32. The molecule has 0 aliphatic carbocycles. The van der Waals surface area contributed by atoms with Crippen molar-refractivity contribution < 1.29 is 23.8 Å². The fourth-order valence-corrected chi connectivity index (χ4v) is 3.16. The van der Waals surface area contributed by atoms with Crippen molar-refractivity contribution in [2.24, 2.45) is 0 Å². The van der Waals surface area contributed by atoms with Crippen molar-refractivity contribution >= 4 is 34.3 Å². The van der Waals surface area contributed by atoms with Gasteiger partial charge in [-0.3, -0.25) is 4.79 Å². The molecule has 25 heavy (non-hydrogen) atoms. The standard InChI is InChI=1S/C17H31IN2O5/c1-12(2)19-7-8-23-9-10-24-11-15(22)20-14(16-17(18)25-16)6-4-5-13(3)21/h12,14,16-17,19H,4-11H2,1-3H3,(H,20,22). The van der Waals surface area contributed by atoms with Gasteiger partial charge in [-0.2, -0.15) is 0 Å². The van der Waals surface area contributed by atoms with Crippen LogP contribution in [0.3, 0.4) is 0 Å². The summed E-state index contributed by atoms with van der Waals surface area (Å²) in [7, 11) is 0. The highest BCUT2D eigenvalue weighted by molar-refractivity contribution is 14.1. The second-order valence-electron chi connectivity index (χ2n) is 6.49. The van der Waals surface area contributed by atoms with Gasteiger partial charge in [-0.15, -0.1) is 0 Å². The van der Waals surface area contributed by atoms with Gasteiger partial charge in [0.1, 0.15) is 22.6 Å². The fraction of sp³-hybridized carbons (Fsp3) is 0.882. The highest BCUT2D eigenvalue weighted by atomic mass is 127. The minimum atomic E-state index is -0.159. The topological polar surface area (TPSA) is 89.2 Å². The smallest absolute Gasteiger partial charge is 0.246 e. The second-order valence-corrected chi connectivity index (χ2v) is 7.72. The number of carbonyl (C=O) groups is 2. The summed E-state index contributed by atoms with van der Waals surface area (Å²) in [5.41, 5.74) is 0. The van der Waals surface area contributed by atoms with Gasteiger partial charge in [0, 0.05) is 19.0 Å². The van der Waals surface area contributed by atoms with Crippen molar-refractivity contribution in [2.75, 3.05) is 33.0 Å². The number of ketones is 1. The van der Waals surface area contributed by atoms with E-state index in [4.69, 9.17) is 14.2 Å². The first kappa shape index (κ1) is 22.8. The van der Waals surface area contributed by atoms with E-state index in [1.54, 1.807) is 6.92 Å². The lowest BCUT2D eigenvalue weighted by Gasteiger charge is -2.16. The quantitative estimate of drug-likeness (QED) is 0.163. The highest BCUT2D eigenvalue weighted by Gasteiger charge is 2.43. The number of nitrogens with one attached hydrogen (secondary N) is 2.